The zero-order valence-corrected chi connectivity index (χ0v) is 10.4. The summed E-state index contributed by atoms with van der Waals surface area (Å²) >= 11 is 0. The largest absolute Gasteiger partial charge is 0.467 e. The highest BCUT2D eigenvalue weighted by atomic mass is 16.3. The number of nitrogens with zero attached hydrogens (tertiary/aromatic N) is 1. The Bertz CT molecular complexity index is 435. The van der Waals surface area contributed by atoms with E-state index in [1.54, 1.807) is 6.07 Å². The number of hydrogen-bond donors (Lipinski definition) is 2. The molecule has 5 nitrogen and oxygen atoms in total. The van der Waals surface area contributed by atoms with Gasteiger partial charge in [-0.25, -0.2) is 5.84 Å². The summed E-state index contributed by atoms with van der Waals surface area (Å²) in [4.78, 5) is 13.8. The molecule has 0 aliphatic heterocycles. The first kappa shape index (κ1) is 11.7. The lowest BCUT2D eigenvalue weighted by atomic mass is 10.2. The van der Waals surface area contributed by atoms with Crippen molar-refractivity contribution in [3.8, 4) is 0 Å². The van der Waals surface area contributed by atoms with Crippen LogP contribution in [-0.4, -0.2) is 23.4 Å². The third kappa shape index (κ3) is 2.73. The second-order valence-electron chi connectivity index (χ2n) is 5.38. The third-order valence-electron chi connectivity index (χ3n) is 3.66. The maximum Gasteiger partial charge on any atom is 0.268 e. The van der Waals surface area contributed by atoms with Crippen molar-refractivity contribution in [3.63, 3.8) is 0 Å². The Morgan fingerprint density at radius 3 is 2.83 bits per heavy atom. The fraction of sp³-hybridized carbons (Fsp3) is 0.615. The Labute approximate surface area is 106 Å². The Hall–Kier alpha value is -1.33. The van der Waals surface area contributed by atoms with Crippen LogP contribution >= 0.6 is 0 Å². The number of hydrogen-bond acceptors (Lipinski definition) is 4. The molecule has 0 saturated heterocycles. The van der Waals surface area contributed by atoms with Crippen molar-refractivity contribution in [2.45, 2.75) is 38.3 Å². The van der Waals surface area contributed by atoms with Crippen molar-refractivity contribution in [1.82, 2.24) is 10.3 Å². The topological polar surface area (TPSA) is 71.5 Å². The minimum atomic E-state index is -0.301. The van der Waals surface area contributed by atoms with Crippen molar-refractivity contribution in [2.75, 3.05) is 6.54 Å². The molecule has 2 aliphatic carbocycles. The minimum Gasteiger partial charge on any atom is -0.467 e. The van der Waals surface area contributed by atoms with E-state index in [2.05, 4.69) is 10.3 Å². The highest BCUT2D eigenvalue weighted by molar-refractivity contribution is 5.93. The van der Waals surface area contributed by atoms with Gasteiger partial charge in [-0.05, 0) is 37.7 Å². The van der Waals surface area contributed by atoms with Crippen LogP contribution in [0.1, 0.15) is 41.8 Å². The highest BCUT2D eigenvalue weighted by Gasteiger charge is 2.34. The summed E-state index contributed by atoms with van der Waals surface area (Å²) in [5.41, 5.74) is 2.61. The number of rotatable bonds is 6. The van der Waals surface area contributed by atoms with E-state index < -0.39 is 0 Å². The quantitative estimate of drug-likeness (QED) is 0.452. The van der Waals surface area contributed by atoms with Crippen LogP contribution in [0.3, 0.4) is 0 Å². The second kappa shape index (κ2) is 4.74. The number of carbonyl (C=O) groups excluding carboxylic acids is 1. The number of nitrogen functional groups attached to an aromatic ring is 1. The Kier molecular flexibility index (Phi) is 3.09. The molecule has 0 atom stereocenters. The molecule has 0 unspecified atom stereocenters. The lowest BCUT2D eigenvalue weighted by molar-refractivity contribution is 0.0953. The molecule has 98 valence electrons. The summed E-state index contributed by atoms with van der Waals surface area (Å²) in [7, 11) is 0. The molecular formula is C13H19N3O2. The minimum absolute atomic E-state index is 0.301. The number of furan rings is 1. The van der Waals surface area contributed by atoms with Crippen LogP contribution in [0, 0.1) is 5.92 Å². The molecule has 2 saturated carbocycles. The second-order valence-corrected chi connectivity index (χ2v) is 5.38. The lowest BCUT2D eigenvalue weighted by Gasteiger charge is -2.20. The van der Waals surface area contributed by atoms with Crippen LogP contribution < -0.4 is 11.3 Å². The smallest absolute Gasteiger partial charge is 0.268 e. The van der Waals surface area contributed by atoms with Crippen LogP contribution in [0.2, 0.25) is 0 Å². The van der Waals surface area contributed by atoms with Crippen molar-refractivity contribution in [3.05, 3.63) is 23.7 Å². The van der Waals surface area contributed by atoms with Crippen molar-refractivity contribution >= 4 is 5.91 Å². The summed E-state index contributed by atoms with van der Waals surface area (Å²) in [6, 6.07) is 2.51. The standard InChI is InChI=1S/C13H19N3O2/c14-15-13(17)10-5-12(18-8-10)7-16(11-3-4-11)6-9-1-2-9/h5,8-9,11H,1-4,6-7,14H2,(H,15,17). The number of nitrogens with two attached hydrogens (primary N) is 1. The van der Waals surface area contributed by atoms with Gasteiger partial charge in [0.2, 0.25) is 0 Å². The molecule has 2 fully saturated rings. The van der Waals surface area contributed by atoms with Gasteiger partial charge in [-0.2, -0.15) is 0 Å². The van der Waals surface area contributed by atoms with Gasteiger partial charge in [0.05, 0.1) is 12.1 Å². The SMILES string of the molecule is NNC(=O)c1coc(CN(CC2CC2)C2CC2)c1. The van der Waals surface area contributed by atoms with E-state index >= 15 is 0 Å². The first-order chi connectivity index (χ1) is 8.76. The Morgan fingerprint density at radius 1 is 1.44 bits per heavy atom. The lowest BCUT2D eigenvalue weighted by Crippen LogP contribution is -2.29. The number of nitrogens with one attached hydrogen (secondary N) is 1. The van der Waals surface area contributed by atoms with E-state index in [0.29, 0.717) is 5.56 Å². The number of hydrazine groups is 1. The van der Waals surface area contributed by atoms with Gasteiger partial charge in [0.15, 0.2) is 0 Å². The van der Waals surface area contributed by atoms with E-state index in [4.69, 9.17) is 10.3 Å². The normalized spacial score (nSPS) is 19.2. The first-order valence-corrected chi connectivity index (χ1v) is 6.58. The predicted octanol–water partition coefficient (Wildman–Crippen LogP) is 1.26. The number of carbonyl (C=O) groups is 1. The van der Waals surface area contributed by atoms with E-state index in [0.717, 1.165) is 24.3 Å². The molecule has 3 rings (SSSR count). The monoisotopic (exact) mass is 249 g/mol. The maximum atomic E-state index is 11.3. The molecule has 1 aromatic rings. The summed E-state index contributed by atoms with van der Waals surface area (Å²) in [5, 5.41) is 0. The predicted molar refractivity (Wildman–Crippen MR) is 66.5 cm³/mol. The fourth-order valence-corrected chi connectivity index (χ4v) is 2.28. The van der Waals surface area contributed by atoms with Gasteiger partial charge in [0.1, 0.15) is 12.0 Å². The molecule has 0 aromatic carbocycles. The van der Waals surface area contributed by atoms with Gasteiger partial charge in [-0.15, -0.1) is 0 Å². The van der Waals surface area contributed by atoms with E-state index in [1.807, 2.05) is 0 Å². The van der Waals surface area contributed by atoms with E-state index in [-0.39, 0.29) is 5.91 Å². The average molecular weight is 249 g/mol. The third-order valence-corrected chi connectivity index (χ3v) is 3.66. The van der Waals surface area contributed by atoms with Gasteiger partial charge in [0.25, 0.3) is 5.91 Å². The van der Waals surface area contributed by atoms with Gasteiger partial charge in [-0.1, -0.05) is 0 Å². The fourth-order valence-electron chi connectivity index (χ4n) is 2.28. The van der Waals surface area contributed by atoms with Gasteiger partial charge in [-0.3, -0.25) is 15.1 Å². The van der Waals surface area contributed by atoms with E-state index in [1.165, 1.54) is 38.5 Å². The average Bonchev–Trinajstić information content (AvgIpc) is 3.27. The zero-order valence-electron chi connectivity index (χ0n) is 10.4. The molecule has 0 radical (unpaired) electrons. The first-order valence-electron chi connectivity index (χ1n) is 6.58. The van der Waals surface area contributed by atoms with Crippen molar-refractivity contribution in [2.24, 2.45) is 11.8 Å². The van der Waals surface area contributed by atoms with Gasteiger partial charge >= 0.3 is 0 Å². The molecule has 0 bridgehead atoms. The molecule has 2 aliphatic rings. The van der Waals surface area contributed by atoms with Crippen molar-refractivity contribution < 1.29 is 9.21 Å². The van der Waals surface area contributed by atoms with Crippen molar-refractivity contribution in [1.29, 1.82) is 0 Å². The summed E-state index contributed by atoms with van der Waals surface area (Å²) in [6.45, 7) is 1.98. The zero-order chi connectivity index (χ0) is 12.5. The molecule has 1 amide bonds. The molecule has 1 heterocycles. The van der Waals surface area contributed by atoms with Crippen LogP contribution in [0.25, 0.3) is 0 Å². The van der Waals surface area contributed by atoms with Gasteiger partial charge < -0.3 is 4.42 Å². The summed E-state index contributed by atoms with van der Waals surface area (Å²) < 4.78 is 5.44. The van der Waals surface area contributed by atoms with Crippen LogP contribution in [-0.2, 0) is 6.54 Å². The highest BCUT2D eigenvalue weighted by Crippen LogP contribution is 2.35. The van der Waals surface area contributed by atoms with Crippen LogP contribution in [0.5, 0.6) is 0 Å². The molecule has 3 N–H and O–H groups in total. The number of amides is 1. The maximum absolute atomic E-state index is 11.3. The Balaban J connectivity index is 1.62. The molecule has 18 heavy (non-hydrogen) atoms. The molecule has 0 spiro atoms. The summed E-state index contributed by atoms with van der Waals surface area (Å²) in [5.74, 6) is 6.52. The molecule has 1 aromatic heterocycles. The molecular weight excluding hydrogens is 230 g/mol. The molecule has 5 heteroatoms. The van der Waals surface area contributed by atoms with Crippen LogP contribution in [0.15, 0.2) is 16.7 Å². The Morgan fingerprint density at radius 2 is 2.22 bits per heavy atom. The van der Waals surface area contributed by atoms with E-state index in [9.17, 15) is 4.79 Å². The summed E-state index contributed by atoms with van der Waals surface area (Å²) in [6.07, 6.45) is 6.79. The van der Waals surface area contributed by atoms with Gasteiger partial charge in [0, 0.05) is 12.6 Å². The van der Waals surface area contributed by atoms with Crippen LogP contribution in [0.4, 0.5) is 0 Å².